The first-order valence-electron chi connectivity index (χ1n) is 10.5. The van der Waals surface area contributed by atoms with Crippen LogP contribution in [0.3, 0.4) is 0 Å². The minimum Gasteiger partial charge on any atom is -0.497 e. The van der Waals surface area contributed by atoms with Crippen molar-refractivity contribution >= 4 is 5.97 Å². The normalized spacial score (nSPS) is 11.9. The van der Waals surface area contributed by atoms with Gasteiger partial charge in [0.15, 0.2) is 0 Å². The Balaban J connectivity index is 0.000000216. The Kier molecular flexibility index (Phi) is 7.29. The number of hydrogen-bond acceptors (Lipinski definition) is 3. The summed E-state index contributed by atoms with van der Waals surface area (Å²) in [6.07, 6.45) is 1.09. The molecule has 0 radical (unpaired) electrons. The van der Waals surface area contributed by atoms with E-state index in [2.05, 4.69) is 55.5 Å². The molecule has 3 nitrogen and oxygen atoms in total. The summed E-state index contributed by atoms with van der Waals surface area (Å²) >= 11 is 0. The van der Waals surface area contributed by atoms with Gasteiger partial charge in [-0.3, -0.25) is 4.79 Å². The van der Waals surface area contributed by atoms with Gasteiger partial charge >= 0.3 is 5.97 Å². The molecule has 1 aliphatic rings. The smallest absolute Gasteiger partial charge is 0.308 e. The second kappa shape index (κ2) is 10.1. The molecule has 0 saturated heterocycles. The van der Waals surface area contributed by atoms with Crippen LogP contribution in [-0.4, -0.2) is 19.7 Å². The van der Waals surface area contributed by atoms with E-state index in [0.717, 1.165) is 12.2 Å². The van der Waals surface area contributed by atoms with Crippen molar-refractivity contribution in [2.24, 2.45) is 5.92 Å². The number of methoxy groups -OCH3 is 1. The minimum atomic E-state index is -0.133. The maximum Gasteiger partial charge on any atom is 0.308 e. The second-order valence-corrected chi connectivity index (χ2v) is 7.71. The lowest BCUT2D eigenvalue weighted by Crippen LogP contribution is -2.16. The SMILES string of the molecule is CC(C)C(=O)OCC1c2ccccc2-c2ccccc21.CCc1ccc(OC)cc1. The highest BCUT2D eigenvalue weighted by atomic mass is 16.5. The van der Waals surface area contributed by atoms with Crippen LogP contribution in [0.25, 0.3) is 11.1 Å². The average Bonchev–Trinajstić information content (AvgIpc) is 3.11. The maximum atomic E-state index is 11.7. The van der Waals surface area contributed by atoms with E-state index in [1.807, 2.05) is 38.1 Å². The molecule has 0 bridgehead atoms. The fourth-order valence-electron chi connectivity index (χ4n) is 3.63. The fourth-order valence-corrected chi connectivity index (χ4v) is 3.63. The number of hydrogen-bond donors (Lipinski definition) is 0. The van der Waals surface area contributed by atoms with Crippen LogP contribution in [0.1, 0.15) is 43.4 Å². The Morgan fingerprint density at radius 3 is 1.87 bits per heavy atom. The molecular weight excluding hydrogens is 372 g/mol. The van der Waals surface area contributed by atoms with E-state index in [-0.39, 0.29) is 17.8 Å². The van der Waals surface area contributed by atoms with Crippen LogP contribution in [0.15, 0.2) is 72.8 Å². The van der Waals surface area contributed by atoms with Gasteiger partial charge in [0.05, 0.1) is 13.0 Å². The number of ether oxygens (including phenoxy) is 2. The standard InChI is InChI=1S/C18H18O2.C9H12O/c1-12(2)18(19)20-11-17-15-9-5-3-7-13(15)14-8-4-6-10-16(14)17;1-3-8-4-6-9(10-2)7-5-8/h3-10,12,17H,11H2,1-2H3;4-7H,3H2,1-2H3. The fraction of sp³-hybridized carbons (Fsp3) is 0.296. The van der Waals surface area contributed by atoms with Crippen molar-refractivity contribution in [2.45, 2.75) is 33.1 Å². The summed E-state index contributed by atoms with van der Waals surface area (Å²) in [5, 5.41) is 0. The molecule has 3 heteroatoms. The van der Waals surface area contributed by atoms with Crippen molar-refractivity contribution in [1.29, 1.82) is 0 Å². The highest BCUT2D eigenvalue weighted by Crippen LogP contribution is 2.44. The van der Waals surface area contributed by atoms with Gasteiger partial charge in [0.1, 0.15) is 12.4 Å². The van der Waals surface area contributed by atoms with E-state index in [9.17, 15) is 4.79 Å². The topological polar surface area (TPSA) is 35.5 Å². The Morgan fingerprint density at radius 1 is 0.867 bits per heavy atom. The summed E-state index contributed by atoms with van der Waals surface area (Å²) < 4.78 is 10.5. The zero-order valence-electron chi connectivity index (χ0n) is 18.2. The molecule has 0 fully saturated rings. The van der Waals surface area contributed by atoms with E-state index >= 15 is 0 Å². The molecule has 3 aromatic carbocycles. The zero-order chi connectivity index (χ0) is 21.5. The summed E-state index contributed by atoms with van der Waals surface area (Å²) in [6.45, 7) is 6.28. The second-order valence-electron chi connectivity index (χ2n) is 7.71. The quantitative estimate of drug-likeness (QED) is 0.473. The number of carbonyl (C=O) groups excluding carboxylic acids is 1. The van der Waals surface area contributed by atoms with Crippen molar-refractivity contribution in [2.75, 3.05) is 13.7 Å². The van der Waals surface area contributed by atoms with Crippen LogP contribution < -0.4 is 4.74 Å². The van der Waals surface area contributed by atoms with E-state index < -0.39 is 0 Å². The Bertz CT molecular complexity index is 905. The molecule has 0 amide bonds. The predicted molar refractivity (Wildman–Crippen MR) is 122 cm³/mol. The van der Waals surface area contributed by atoms with E-state index in [0.29, 0.717) is 6.61 Å². The maximum absolute atomic E-state index is 11.7. The van der Waals surface area contributed by atoms with Crippen molar-refractivity contribution in [3.05, 3.63) is 89.5 Å². The van der Waals surface area contributed by atoms with Crippen LogP contribution in [0.5, 0.6) is 5.75 Å². The van der Waals surface area contributed by atoms with Gasteiger partial charge in [-0.1, -0.05) is 81.4 Å². The van der Waals surface area contributed by atoms with Crippen molar-refractivity contribution < 1.29 is 14.3 Å². The van der Waals surface area contributed by atoms with Gasteiger partial charge in [0.2, 0.25) is 0 Å². The number of carbonyl (C=O) groups is 1. The molecule has 0 saturated carbocycles. The van der Waals surface area contributed by atoms with Gasteiger partial charge in [0, 0.05) is 5.92 Å². The molecule has 0 heterocycles. The first kappa shape index (κ1) is 21.6. The minimum absolute atomic E-state index is 0.0816. The molecule has 1 aliphatic carbocycles. The van der Waals surface area contributed by atoms with Gasteiger partial charge in [-0.25, -0.2) is 0 Å². The summed E-state index contributed by atoms with van der Waals surface area (Å²) in [5.74, 6) is 0.871. The third-order valence-electron chi connectivity index (χ3n) is 5.39. The highest BCUT2D eigenvalue weighted by molar-refractivity contribution is 5.79. The summed E-state index contributed by atoms with van der Waals surface area (Å²) in [6, 6.07) is 24.9. The van der Waals surface area contributed by atoms with Gasteiger partial charge in [-0.15, -0.1) is 0 Å². The monoisotopic (exact) mass is 402 g/mol. The van der Waals surface area contributed by atoms with Gasteiger partial charge in [-0.05, 0) is 46.4 Å². The lowest BCUT2D eigenvalue weighted by atomic mass is 9.98. The molecule has 4 rings (SSSR count). The van der Waals surface area contributed by atoms with E-state index in [1.165, 1.54) is 27.8 Å². The Labute approximate surface area is 179 Å². The Hall–Kier alpha value is -3.07. The molecule has 0 unspecified atom stereocenters. The van der Waals surface area contributed by atoms with Crippen molar-refractivity contribution in [3.63, 3.8) is 0 Å². The van der Waals surface area contributed by atoms with Gasteiger partial charge in [0.25, 0.3) is 0 Å². The zero-order valence-corrected chi connectivity index (χ0v) is 18.2. The van der Waals surface area contributed by atoms with Crippen molar-refractivity contribution in [3.8, 4) is 16.9 Å². The van der Waals surface area contributed by atoms with Crippen LogP contribution in [-0.2, 0) is 16.0 Å². The highest BCUT2D eigenvalue weighted by Gasteiger charge is 2.29. The van der Waals surface area contributed by atoms with Crippen LogP contribution in [0, 0.1) is 5.92 Å². The van der Waals surface area contributed by atoms with Gasteiger partial charge in [-0.2, -0.15) is 0 Å². The first-order valence-corrected chi connectivity index (χ1v) is 10.5. The molecule has 0 aromatic heterocycles. The molecule has 0 spiro atoms. The number of benzene rings is 3. The van der Waals surface area contributed by atoms with E-state index in [1.54, 1.807) is 7.11 Å². The molecule has 0 aliphatic heterocycles. The third-order valence-corrected chi connectivity index (χ3v) is 5.39. The molecule has 30 heavy (non-hydrogen) atoms. The molecule has 0 N–H and O–H groups in total. The number of aryl methyl sites for hydroxylation is 1. The predicted octanol–water partition coefficient (Wildman–Crippen LogP) is 6.26. The van der Waals surface area contributed by atoms with Crippen LogP contribution in [0.2, 0.25) is 0 Å². The Morgan fingerprint density at radius 2 is 1.40 bits per heavy atom. The van der Waals surface area contributed by atoms with Crippen LogP contribution >= 0.6 is 0 Å². The van der Waals surface area contributed by atoms with Crippen LogP contribution in [0.4, 0.5) is 0 Å². The molecule has 0 atom stereocenters. The molecular formula is C27H30O3. The molecule has 3 aromatic rings. The summed E-state index contributed by atoms with van der Waals surface area (Å²) in [4.78, 5) is 11.7. The third kappa shape index (κ3) is 4.91. The summed E-state index contributed by atoms with van der Waals surface area (Å²) in [5.41, 5.74) is 6.37. The number of rotatable bonds is 5. The number of fused-ring (bicyclic) bond motifs is 3. The average molecular weight is 403 g/mol. The lowest BCUT2D eigenvalue weighted by molar-refractivity contribution is -0.147. The lowest BCUT2D eigenvalue weighted by Gasteiger charge is -2.15. The first-order chi connectivity index (χ1) is 14.5. The largest absolute Gasteiger partial charge is 0.497 e. The van der Waals surface area contributed by atoms with Crippen molar-refractivity contribution in [1.82, 2.24) is 0 Å². The van der Waals surface area contributed by atoms with Gasteiger partial charge < -0.3 is 9.47 Å². The summed E-state index contributed by atoms with van der Waals surface area (Å²) in [7, 11) is 1.68. The van der Waals surface area contributed by atoms with E-state index in [4.69, 9.17) is 9.47 Å². The molecule has 156 valence electrons. The number of esters is 1.